The van der Waals surface area contributed by atoms with Gasteiger partial charge in [-0.2, -0.15) is 0 Å². The molecule has 0 spiro atoms. The van der Waals surface area contributed by atoms with Crippen molar-refractivity contribution in [1.82, 2.24) is 9.97 Å². The van der Waals surface area contributed by atoms with E-state index in [0.29, 0.717) is 25.6 Å². The molecule has 3 rings (SSSR count). The maximum Gasteiger partial charge on any atom is 0.200 e. The summed E-state index contributed by atoms with van der Waals surface area (Å²) in [6.07, 6.45) is 1.41. The van der Waals surface area contributed by atoms with E-state index in [4.69, 9.17) is 10.5 Å². The van der Waals surface area contributed by atoms with Crippen LogP contribution in [0.15, 0.2) is 30.5 Å². The largest absolute Gasteiger partial charge is 0.494 e. The zero-order chi connectivity index (χ0) is 19.4. The Morgan fingerprint density at radius 3 is 2.93 bits per heavy atom. The monoisotopic (exact) mass is 373 g/mol. The third-order valence-corrected chi connectivity index (χ3v) is 4.11. The summed E-state index contributed by atoms with van der Waals surface area (Å²) in [5.41, 5.74) is 7.81. The van der Waals surface area contributed by atoms with Gasteiger partial charge in [0.1, 0.15) is 5.82 Å². The number of rotatable bonds is 8. The lowest BCUT2D eigenvalue weighted by atomic mass is 10.2. The number of nitrogens with two attached hydrogens (primary N) is 1. The van der Waals surface area contributed by atoms with E-state index in [2.05, 4.69) is 20.6 Å². The second kappa shape index (κ2) is 8.24. The molecular formula is C19H24FN5O2. The van der Waals surface area contributed by atoms with Crippen LogP contribution in [0.1, 0.15) is 12.5 Å². The van der Waals surface area contributed by atoms with E-state index in [9.17, 15) is 9.50 Å². The number of hydrogen-bond donors (Lipinski definition) is 5. The van der Waals surface area contributed by atoms with Crippen molar-refractivity contribution in [3.05, 3.63) is 41.8 Å². The SMILES string of the molecule is CCOC[C@H](N)CNc1nc(Nc2cccc(C)c2)c2c(O)[nH]cc2c1F. The normalized spacial score (nSPS) is 12.3. The first-order chi connectivity index (χ1) is 13.0. The standard InChI is InChI=1S/C19H24FN5O2/c1-3-27-10-12(21)8-22-18-16(20)14-9-23-19(26)15(14)17(25-18)24-13-6-4-5-11(2)7-13/h4-7,9,12,22-23,26H,3,8,10,21H2,1-2H3,(H,24,25)/t12-/m1/s1. The van der Waals surface area contributed by atoms with Crippen molar-refractivity contribution in [2.45, 2.75) is 19.9 Å². The van der Waals surface area contributed by atoms with Crippen molar-refractivity contribution in [3.8, 4) is 5.88 Å². The molecule has 0 aliphatic heterocycles. The van der Waals surface area contributed by atoms with Gasteiger partial charge in [0.05, 0.1) is 12.0 Å². The topological polar surface area (TPSA) is 108 Å². The number of nitrogens with zero attached hydrogens (tertiary/aromatic N) is 1. The van der Waals surface area contributed by atoms with Gasteiger partial charge in [0, 0.05) is 36.5 Å². The summed E-state index contributed by atoms with van der Waals surface area (Å²) >= 11 is 0. The fourth-order valence-electron chi connectivity index (χ4n) is 2.79. The number of H-pyrrole nitrogens is 1. The van der Waals surface area contributed by atoms with Crippen LogP contribution in [0.25, 0.3) is 10.8 Å². The molecule has 1 atom stereocenters. The Bertz CT molecular complexity index is 928. The van der Waals surface area contributed by atoms with E-state index in [-0.39, 0.29) is 28.5 Å². The Hall–Kier alpha value is -2.84. The van der Waals surface area contributed by atoms with E-state index in [0.717, 1.165) is 11.3 Å². The number of anilines is 3. The summed E-state index contributed by atoms with van der Waals surface area (Å²) in [7, 11) is 0. The number of hydrogen-bond acceptors (Lipinski definition) is 6. The van der Waals surface area contributed by atoms with Gasteiger partial charge in [-0.3, -0.25) is 0 Å². The molecule has 0 fully saturated rings. The molecule has 0 saturated heterocycles. The number of aromatic amines is 1. The van der Waals surface area contributed by atoms with Gasteiger partial charge in [-0.05, 0) is 31.5 Å². The van der Waals surface area contributed by atoms with Crippen LogP contribution >= 0.6 is 0 Å². The fraction of sp³-hybridized carbons (Fsp3) is 0.316. The second-order valence-electron chi connectivity index (χ2n) is 6.34. The van der Waals surface area contributed by atoms with Crippen molar-refractivity contribution in [3.63, 3.8) is 0 Å². The molecule has 6 N–H and O–H groups in total. The van der Waals surface area contributed by atoms with Gasteiger partial charge in [-0.25, -0.2) is 9.37 Å². The highest BCUT2D eigenvalue weighted by Gasteiger charge is 2.19. The molecule has 2 aromatic heterocycles. The first kappa shape index (κ1) is 18.9. The van der Waals surface area contributed by atoms with Gasteiger partial charge in [0.25, 0.3) is 0 Å². The minimum absolute atomic E-state index is 0.0589. The molecule has 8 heteroatoms. The predicted molar refractivity (Wildman–Crippen MR) is 105 cm³/mol. The number of aromatic nitrogens is 2. The summed E-state index contributed by atoms with van der Waals surface area (Å²) in [6, 6.07) is 7.39. The van der Waals surface area contributed by atoms with Crippen molar-refractivity contribution >= 4 is 28.1 Å². The molecule has 0 radical (unpaired) electrons. The van der Waals surface area contributed by atoms with Crippen molar-refractivity contribution in [2.24, 2.45) is 5.73 Å². The van der Waals surface area contributed by atoms with Crippen LogP contribution < -0.4 is 16.4 Å². The first-order valence-corrected chi connectivity index (χ1v) is 8.80. The molecule has 1 aromatic carbocycles. The number of pyridine rings is 1. The highest BCUT2D eigenvalue weighted by atomic mass is 19.1. The lowest BCUT2D eigenvalue weighted by molar-refractivity contribution is 0.136. The van der Waals surface area contributed by atoms with E-state index < -0.39 is 5.82 Å². The van der Waals surface area contributed by atoms with Crippen molar-refractivity contribution in [2.75, 3.05) is 30.4 Å². The van der Waals surface area contributed by atoms with Gasteiger partial charge in [0.15, 0.2) is 17.5 Å². The minimum Gasteiger partial charge on any atom is -0.494 e. The molecule has 0 unspecified atom stereocenters. The van der Waals surface area contributed by atoms with Crippen LogP contribution in [-0.4, -0.2) is 40.9 Å². The molecule has 0 aliphatic rings. The van der Waals surface area contributed by atoms with Crippen LogP contribution in [0.3, 0.4) is 0 Å². The van der Waals surface area contributed by atoms with Crippen LogP contribution in [-0.2, 0) is 4.74 Å². The minimum atomic E-state index is -0.556. The number of ether oxygens (including phenoxy) is 1. The zero-order valence-electron chi connectivity index (χ0n) is 15.3. The predicted octanol–water partition coefficient (Wildman–Crippen LogP) is 3.24. The lowest BCUT2D eigenvalue weighted by Gasteiger charge is -2.15. The number of benzene rings is 1. The molecule has 2 heterocycles. The van der Waals surface area contributed by atoms with Crippen LogP contribution in [0.2, 0.25) is 0 Å². The van der Waals surface area contributed by atoms with Gasteiger partial charge in [-0.15, -0.1) is 0 Å². The Balaban J connectivity index is 1.92. The molecule has 3 aromatic rings. The maximum absolute atomic E-state index is 14.8. The van der Waals surface area contributed by atoms with Crippen molar-refractivity contribution in [1.29, 1.82) is 0 Å². The number of fused-ring (bicyclic) bond motifs is 1. The molecule has 27 heavy (non-hydrogen) atoms. The van der Waals surface area contributed by atoms with Crippen molar-refractivity contribution < 1.29 is 14.2 Å². The van der Waals surface area contributed by atoms with Crippen LogP contribution in [0, 0.1) is 12.7 Å². The van der Waals surface area contributed by atoms with Gasteiger partial charge >= 0.3 is 0 Å². The van der Waals surface area contributed by atoms with Gasteiger partial charge in [-0.1, -0.05) is 12.1 Å². The fourth-order valence-corrected chi connectivity index (χ4v) is 2.79. The average molecular weight is 373 g/mol. The van der Waals surface area contributed by atoms with E-state index >= 15 is 0 Å². The van der Waals surface area contributed by atoms with E-state index in [1.807, 2.05) is 38.1 Å². The van der Waals surface area contributed by atoms with Gasteiger partial charge in [0.2, 0.25) is 0 Å². The Morgan fingerprint density at radius 1 is 1.37 bits per heavy atom. The molecule has 144 valence electrons. The molecule has 0 aliphatic carbocycles. The molecule has 0 bridgehead atoms. The highest BCUT2D eigenvalue weighted by Crippen LogP contribution is 2.36. The number of nitrogens with one attached hydrogen (secondary N) is 3. The highest BCUT2D eigenvalue weighted by molar-refractivity contribution is 5.99. The zero-order valence-corrected chi connectivity index (χ0v) is 15.3. The molecule has 7 nitrogen and oxygen atoms in total. The first-order valence-electron chi connectivity index (χ1n) is 8.80. The third kappa shape index (κ3) is 4.29. The average Bonchev–Trinajstić information content (AvgIpc) is 3.03. The number of aromatic hydroxyl groups is 1. The van der Waals surface area contributed by atoms with Crippen LogP contribution in [0.5, 0.6) is 5.88 Å². The molecular weight excluding hydrogens is 349 g/mol. The van der Waals surface area contributed by atoms with E-state index in [1.165, 1.54) is 6.20 Å². The lowest BCUT2D eigenvalue weighted by Crippen LogP contribution is -2.34. The summed E-state index contributed by atoms with van der Waals surface area (Å²) < 4.78 is 20.1. The third-order valence-electron chi connectivity index (χ3n) is 4.11. The summed E-state index contributed by atoms with van der Waals surface area (Å²) in [5, 5.41) is 16.7. The Morgan fingerprint density at radius 2 is 2.19 bits per heavy atom. The quantitative estimate of drug-likeness (QED) is 0.415. The smallest absolute Gasteiger partial charge is 0.200 e. The summed E-state index contributed by atoms with van der Waals surface area (Å²) in [4.78, 5) is 6.98. The second-order valence-corrected chi connectivity index (χ2v) is 6.34. The Labute approximate surface area is 156 Å². The molecule has 0 amide bonds. The van der Waals surface area contributed by atoms with Crippen LogP contribution in [0.4, 0.5) is 21.7 Å². The van der Waals surface area contributed by atoms with Gasteiger partial charge < -0.3 is 31.2 Å². The summed E-state index contributed by atoms with van der Waals surface area (Å²) in [5.74, 6) is -0.300. The summed E-state index contributed by atoms with van der Waals surface area (Å²) in [6.45, 7) is 5.10. The number of aryl methyl sites for hydroxylation is 1. The number of halogens is 1. The molecule has 0 saturated carbocycles. The van der Waals surface area contributed by atoms with E-state index in [1.54, 1.807) is 0 Å². The maximum atomic E-state index is 14.8. The Kier molecular flexibility index (Phi) is 5.78.